The fourth-order valence-electron chi connectivity index (χ4n) is 9.57. The van der Waals surface area contributed by atoms with E-state index in [9.17, 15) is 14.0 Å². The minimum absolute atomic E-state index is 0.0305. The van der Waals surface area contributed by atoms with Crippen molar-refractivity contribution < 1.29 is 18.7 Å². The van der Waals surface area contributed by atoms with Crippen LogP contribution in [0.2, 0.25) is 0 Å². The molecule has 9 nitrogen and oxygen atoms in total. The summed E-state index contributed by atoms with van der Waals surface area (Å²) >= 11 is 0. The number of nitrogens with two attached hydrogens (primary N) is 1. The van der Waals surface area contributed by atoms with Crippen LogP contribution in [-0.2, 0) is 9.59 Å². The van der Waals surface area contributed by atoms with Gasteiger partial charge in [0.05, 0.1) is 35.9 Å². The van der Waals surface area contributed by atoms with Gasteiger partial charge in [-0.3, -0.25) is 19.6 Å². The number of ether oxygens (including phenoxy) is 1. The predicted molar refractivity (Wildman–Crippen MR) is 237 cm³/mol. The summed E-state index contributed by atoms with van der Waals surface area (Å²) in [5, 5.41) is 1.13. The summed E-state index contributed by atoms with van der Waals surface area (Å²) in [6, 6.07) is 14.8. The number of carbonyl (C=O) groups is 2. The van der Waals surface area contributed by atoms with Crippen LogP contribution in [0.25, 0.3) is 33.3 Å². The molecule has 2 N–H and O–H groups in total. The number of aromatic nitrogens is 1. The van der Waals surface area contributed by atoms with Gasteiger partial charge in [-0.05, 0) is 123 Å². The summed E-state index contributed by atoms with van der Waals surface area (Å²) in [6.45, 7) is 16.3. The Kier molecular flexibility index (Phi) is 11.5. The van der Waals surface area contributed by atoms with Gasteiger partial charge in [0.2, 0.25) is 11.8 Å². The second-order valence-corrected chi connectivity index (χ2v) is 18.8. The molecule has 3 aliphatic heterocycles. The summed E-state index contributed by atoms with van der Waals surface area (Å²) in [5.41, 5.74) is 15.6. The molecule has 2 saturated carbocycles. The van der Waals surface area contributed by atoms with Gasteiger partial charge >= 0.3 is 0 Å². The average Bonchev–Trinajstić information content (AvgIpc) is 4.09. The number of piperidine rings is 1. The molecule has 1 aromatic heterocycles. The quantitative estimate of drug-likeness (QED) is 0.174. The molecule has 10 heteroatoms. The van der Waals surface area contributed by atoms with E-state index in [0.717, 1.165) is 94.4 Å². The Morgan fingerprint density at radius 1 is 0.915 bits per heavy atom. The lowest BCUT2D eigenvalue weighted by Gasteiger charge is -2.30. The van der Waals surface area contributed by atoms with Crippen molar-refractivity contribution in [2.75, 3.05) is 6.54 Å². The van der Waals surface area contributed by atoms with Crippen LogP contribution in [0.15, 0.2) is 64.8 Å². The number of halogens is 1. The average molecular weight is 803 g/mol. The minimum atomic E-state index is -1.09. The van der Waals surface area contributed by atoms with Crippen LogP contribution in [0.3, 0.4) is 0 Å². The molecule has 0 radical (unpaired) electrons. The molecule has 5 aliphatic rings. The first-order chi connectivity index (χ1) is 28.2. The van der Waals surface area contributed by atoms with Gasteiger partial charge in [-0.15, -0.1) is 0 Å². The zero-order valence-corrected chi connectivity index (χ0v) is 36.2. The van der Waals surface area contributed by atoms with Crippen molar-refractivity contribution in [2.24, 2.45) is 39.4 Å². The number of allylic oxidation sites excluding steroid dienone is 2. The van der Waals surface area contributed by atoms with Crippen LogP contribution in [0.1, 0.15) is 124 Å². The highest BCUT2D eigenvalue weighted by Gasteiger charge is 2.54. The first-order valence-electron chi connectivity index (χ1n) is 22.2. The van der Waals surface area contributed by atoms with Gasteiger partial charge in [0, 0.05) is 59.6 Å². The Bertz CT molecular complexity index is 2250. The van der Waals surface area contributed by atoms with Crippen molar-refractivity contribution in [3.05, 3.63) is 66.0 Å². The Labute approximate surface area is 349 Å². The molecule has 2 unspecified atom stereocenters. The molecular weight excluding hydrogens is 740 g/mol. The van der Waals surface area contributed by atoms with E-state index in [0.29, 0.717) is 35.9 Å². The van der Waals surface area contributed by atoms with E-state index in [1.165, 1.54) is 0 Å². The molecule has 4 heterocycles. The fourth-order valence-corrected chi connectivity index (χ4v) is 9.57. The number of fused-ring (bicyclic) bond motifs is 6. The second kappa shape index (κ2) is 16.5. The monoisotopic (exact) mass is 802 g/mol. The first kappa shape index (κ1) is 41.2. The summed E-state index contributed by atoms with van der Waals surface area (Å²) in [6.07, 6.45) is 9.84. The summed E-state index contributed by atoms with van der Waals surface area (Å²) < 4.78 is 23.9. The van der Waals surface area contributed by atoms with Crippen molar-refractivity contribution >= 4 is 45.3 Å². The number of rotatable bonds is 13. The third-order valence-corrected chi connectivity index (χ3v) is 13.3. The third-order valence-electron chi connectivity index (χ3n) is 13.3. The van der Waals surface area contributed by atoms with Crippen molar-refractivity contribution in [1.82, 2.24) is 14.4 Å². The second-order valence-electron chi connectivity index (χ2n) is 18.8. The largest absolute Gasteiger partial charge is 0.469 e. The van der Waals surface area contributed by atoms with Crippen LogP contribution in [0, 0.1) is 23.7 Å². The molecular formula is C49H63FN6O3. The van der Waals surface area contributed by atoms with Gasteiger partial charge in [-0.25, -0.2) is 4.39 Å². The molecule has 8 rings (SSSR count). The summed E-state index contributed by atoms with van der Waals surface area (Å²) in [4.78, 5) is 40.1. The number of likely N-dealkylation sites (tertiary alicyclic amines) is 2. The number of carbonyl (C=O) groups excluding carboxylic acids is 2. The van der Waals surface area contributed by atoms with E-state index in [2.05, 4.69) is 79.6 Å². The summed E-state index contributed by atoms with van der Waals surface area (Å²) in [5.74, 6) is 2.36. The maximum Gasteiger partial charge on any atom is 0.240 e. The Balaban J connectivity index is 1.05. The topological polar surface area (TPSA) is 106 Å². The molecule has 7 atom stereocenters. The van der Waals surface area contributed by atoms with Crippen molar-refractivity contribution in [3.63, 3.8) is 0 Å². The minimum Gasteiger partial charge on any atom is -0.469 e. The lowest BCUT2D eigenvalue weighted by molar-refractivity contribution is -0.134. The Morgan fingerprint density at radius 3 is 2.32 bits per heavy atom. The molecule has 2 aliphatic carbocycles. The van der Waals surface area contributed by atoms with Crippen molar-refractivity contribution in [2.45, 2.75) is 143 Å². The molecule has 0 spiro atoms. The Hall–Kier alpha value is -4.57. The molecule has 2 aromatic carbocycles. The lowest BCUT2D eigenvalue weighted by Crippen LogP contribution is -2.50. The molecule has 2 amide bonds. The fraction of sp³-hybridized carbons (Fsp3) is 0.551. The SMILES string of the molecule is CCCC(=N/C=C(\C)c1ccc2c(c1)OC(C1CC1)n1c-2cc2cc(/C(C)=C/N=C(C)[C@@H]3CC(F)CN3C(=O)[C@@H](N)C(C)C)ccc21)[C@@H]1C[C@H]2C[C@H]2N1C(=O)CC(C)C. The van der Waals surface area contributed by atoms with Gasteiger partial charge in [0.25, 0.3) is 0 Å². The predicted octanol–water partition coefficient (Wildman–Crippen LogP) is 9.99. The van der Waals surface area contributed by atoms with E-state index >= 15 is 0 Å². The van der Waals surface area contributed by atoms with Gasteiger partial charge in [0.1, 0.15) is 11.9 Å². The van der Waals surface area contributed by atoms with Crippen molar-refractivity contribution in [3.8, 4) is 17.0 Å². The number of nitrogens with zero attached hydrogens (tertiary/aromatic N) is 5. The van der Waals surface area contributed by atoms with Crippen LogP contribution in [-0.4, -0.2) is 74.5 Å². The van der Waals surface area contributed by atoms with E-state index in [-0.39, 0.29) is 43.0 Å². The van der Waals surface area contributed by atoms with Gasteiger partial charge in [-0.2, -0.15) is 0 Å². The van der Waals surface area contributed by atoms with E-state index in [1.54, 1.807) is 4.90 Å². The maximum atomic E-state index is 14.6. The normalized spacial score (nSPS) is 26.4. The van der Waals surface area contributed by atoms with Gasteiger partial charge < -0.3 is 24.8 Å². The molecule has 4 fully saturated rings. The van der Waals surface area contributed by atoms with Crippen LogP contribution in [0.5, 0.6) is 5.75 Å². The third kappa shape index (κ3) is 8.18. The van der Waals surface area contributed by atoms with E-state index in [1.807, 2.05) is 40.1 Å². The van der Waals surface area contributed by atoms with Crippen LogP contribution < -0.4 is 10.5 Å². The lowest BCUT2D eigenvalue weighted by atomic mass is 10.0. The zero-order chi connectivity index (χ0) is 41.9. The standard InChI is InChI=1S/C49H63FN6O3/c1-9-10-39(44-21-36-19-42(36)55(44)46(57)17-27(2)3)53-25-30(7)34-13-15-38-43-20-35-18-33(14-16-40(35)56(43)49(32-11-12-32)59-45(38)22-34)29(6)24-52-31(8)41-23-37(50)26-54(41)48(58)47(51)28(4)5/h13-16,18,20,22,24-25,27-28,32,36-37,41-42,44,47,49H,9-12,17,19,21,23,26,51H2,1-8H3/b29-24+,30-25+,52-31?,53-39?/t36-,37?,41+,42-,44+,47+,49?/m1/s1. The smallest absolute Gasteiger partial charge is 0.240 e. The van der Waals surface area contributed by atoms with Crippen LogP contribution in [0.4, 0.5) is 4.39 Å². The van der Waals surface area contributed by atoms with Crippen LogP contribution >= 0.6 is 0 Å². The number of alkyl halides is 1. The molecule has 314 valence electrons. The molecule has 0 bridgehead atoms. The number of aliphatic imine (C=N–C) groups is 2. The molecule has 3 aromatic rings. The number of hydrogen-bond acceptors (Lipinski definition) is 6. The van der Waals surface area contributed by atoms with Gasteiger partial charge in [-0.1, -0.05) is 53.2 Å². The number of amides is 2. The highest BCUT2D eigenvalue weighted by molar-refractivity contribution is 5.96. The molecule has 59 heavy (non-hydrogen) atoms. The number of benzene rings is 2. The zero-order valence-electron chi connectivity index (χ0n) is 36.2. The highest BCUT2D eigenvalue weighted by atomic mass is 19.1. The summed E-state index contributed by atoms with van der Waals surface area (Å²) in [7, 11) is 0. The first-order valence-corrected chi connectivity index (χ1v) is 22.2. The van der Waals surface area contributed by atoms with E-state index < -0.39 is 18.3 Å². The molecule has 2 saturated heterocycles. The van der Waals surface area contributed by atoms with Gasteiger partial charge in [0.15, 0.2) is 6.23 Å². The van der Waals surface area contributed by atoms with E-state index in [4.69, 9.17) is 20.5 Å². The highest BCUT2D eigenvalue weighted by Crippen LogP contribution is 2.51. The maximum absolute atomic E-state index is 14.6. The van der Waals surface area contributed by atoms with Crippen molar-refractivity contribution in [1.29, 1.82) is 0 Å². The number of hydrogen-bond donors (Lipinski definition) is 1. The Morgan fingerprint density at radius 2 is 1.63 bits per heavy atom.